The predicted octanol–water partition coefficient (Wildman–Crippen LogP) is 4.43. The normalized spacial score (nSPS) is 16.9. The van der Waals surface area contributed by atoms with Gasteiger partial charge in [0.15, 0.2) is 11.5 Å². The first-order valence-corrected chi connectivity index (χ1v) is 15.2. The van der Waals surface area contributed by atoms with Crippen LogP contribution >= 0.6 is 46.6 Å². The topological polar surface area (TPSA) is 153 Å². The van der Waals surface area contributed by atoms with Gasteiger partial charge in [0.2, 0.25) is 9.70 Å². The number of carbonyl (C=O) groups excluding carboxylic acids is 2. The van der Waals surface area contributed by atoms with Crippen molar-refractivity contribution in [2.75, 3.05) is 47.4 Å². The van der Waals surface area contributed by atoms with Crippen molar-refractivity contribution in [2.45, 2.75) is 34.6 Å². The van der Waals surface area contributed by atoms with Crippen molar-refractivity contribution in [2.24, 2.45) is 0 Å². The Kier molecular flexibility index (Phi) is 12.4. The summed E-state index contributed by atoms with van der Waals surface area (Å²) >= 11 is 17.8. The number of rotatable bonds is 13. The number of ether oxygens (including phenoxy) is 5. The summed E-state index contributed by atoms with van der Waals surface area (Å²) in [7, 11) is 5.88. The molecule has 3 N–H and O–H groups in total. The minimum absolute atomic E-state index is 0.0934. The summed E-state index contributed by atoms with van der Waals surface area (Å²) in [5, 5.41) is 21.7. The second-order valence-electron chi connectivity index (χ2n) is 9.50. The lowest BCUT2D eigenvalue weighted by Crippen LogP contribution is -2.46. The number of carbonyl (C=O) groups is 3. The average Bonchev–Trinajstić information content (AvgIpc) is 2.98. The molecule has 0 aliphatic carbocycles. The molecule has 1 aliphatic rings. The van der Waals surface area contributed by atoms with Crippen molar-refractivity contribution in [3.63, 3.8) is 0 Å². The highest BCUT2D eigenvalue weighted by Gasteiger charge is 2.45. The third-order valence-corrected chi connectivity index (χ3v) is 8.45. The van der Waals surface area contributed by atoms with E-state index in [2.05, 4.69) is 5.32 Å². The number of amides is 2. The Morgan fingerprint density at radius 2 is 1.61 bits per heavy atom. The Balaban J connectivity index is 2.09. The molecule has 2 aromatic rings. The Morgan fingerprint density at radius 1 is 1.00 bits per heavy atom. The first-order chi connectivity index (χ1) is 20.8. The summed E-state index contributed by atoms with van der Waals surface area (Å²) < 4.78 is 25.3. The monoisotopic (exact) mass is 694 g/mol. The summed E-state index contributed by atoms with van der Waals surface area (Å²) in [4.78, 5) is 40.1. The number of alkyl carbamates (subject to hydrolysis) is 1. The van der Waals surface area contributed by atoms with E-state index in [1.807, 2.05) is 0 Å². The molecular formula is C28H33Cl3N2O10S. The van der Waals surface area contributed by atoms with E-state index in [0.29, 0.717) is 39.7 Å². The van der Waals surface area contributed by atoms with Gasteiger partial charge in [-0.1, -0.05) is 46.9 Å². The van der Waals surface area contributed by atoms with Gasteiger partial charge in [-0.15, -0.1) is 11.8 Å². The Morgan fingerprint density at radius 3 is 2.11 bits per heavy atom. The maximum absolute atomic E-state index is 14.3. The number of carboxylic acids is 1. The summed E-state index contributed by atoms with van der Waals surface area (Å²) in [5.41, 5.74) is 2.12. The molecule has 3 atom stereocenters. The zero-order valence-electron chi connectivity index (χ0n) is 24.5. The molecule has 2 aromatic carbocycles. The van der Waals surface area contributed by atoms with E-state index >= 15 is 0 Å². The molecule has 0 spiro atoms. The van der Waals surface area contributed by atoms with Gasteiger partial charge >= 0.3 is 12.1 Å². The molecule has 12 nitrogen and oxygen atoms in total. The molecule has 0 bridgehead atoms. The maximum atomic E-state index is 14.3. The molecule has 16 heteroatoms. The smallest absolute Gasteiger partial charge is 0.408 e. The zero-order valence-corrected chi connectivity index (χ0v) is 27.6. The van der Waals surface area contributed by atoms with Gasteiger partial charge < -0.3 is 44.1 Å². The van der Waals surface area contributed by atoms with Gasteiger partial charge in [0.25, 0.3) is 0 Å². The fourth-order valence-corrected chi connectivity index (χ4v) is 6.34. The van der Waals surface area contributed by atoms with Crippen LogP contribution in [-0.2, 0) is 20.9 Å². The van der Waals surface area contributed by atoms with E-state index in [-0.39, 0.29) is 12.3 Å². The molecule has 0 radical (unpaired) electrons. The fraction of sp³-hybridized carbons (Fsp3) is 0.464. The third kappa shape index (κ3) is 7.99. The number of thioether (sulfide) groups is 1. The van der Waals surface area contributed by atoms with Crippen LogP contribution in [0.1, 0.15) is 33.5 Å². The number of aliphatic hydroxyl groups is 1. The fourth-order valence-electron chi connectivity index (χ4n) is 4.89. The first kappa shape index (κ1) is 35.5. The van der Waals surface area contributed by atoms with Crippen molar-refractivity contribution in [1.82, 2.24) is 10.2 Å². The van der Waals surface area contributed by atoms with Gasteiger partial charge in [0, 0.05) is 29.0 Å². The lowest BCUT2D eigenvalue weighted by Gasteiger charge is -2.42. The summed E-state index contributed by atoms with van der Waals surface area (Å²) in [6, 6.07) is 4.72. The van der Waals surface area contributed by atoms with Crippen molar-refractivity contribution in [3.05, 3.63) is 46.5 Å². The molecular weight excluding hydrogens is 663 g/mol. The number of fused-ring (bicyclic) bond motifs is 1. The number of methoxy groups -OCH3 is 4. The molecule has 1 aliphatic heterocycles. The number of alkyl halides is 3. The largest absolute Gasteiger partial charge is 0.497 e. The van der Waals surface area contributed by atoms with Gasteiger partial charge in [-0.25, -0.2) is 9.59 Å². The lowest BCUT2D eigenvalue weighted by molar-refractivity contribution is -0.139. The molecule has 0 fully saturated rings. The summed E-state index contributed by atoms with van der Waals surface area (Å²) in [6.07, 6.45) is -1.12. The molecule has 2 amide bonds. The highest BCUT2D eigenvalue weighted by Crippen LogP contribution is 2.55. The molecule has 0 aromatic heterocycles. The van der Waals surface area contributed by atoms with E-state index in [0.717, 1.165) is 17.3 Å². The van der Waals surface area contributed by atoms with Crippen LogP contribution < -0.4 is 24.3 Å². The quantitative estimate of drug-likeness (QED) is 0.255. The minimum atomic E-state index is -1.89. The number of aliphatic carboxylic acids is 1. The van der Waals surface area contributed by atoms with Gasteiger partial charge in [0.05, 0.1) is 41.1 Å². The second kappa shape index (κ2) is 15.3. The van der Waals surface area contributed by atoms with Crippen LogP contribution in [0, 0.1) is 6.92 Å². The number of aliphatic hydroxyl groups excluding tert-OH is 1. The molecule has 0 unspecified atom stereocenters. The van der Waals surface area contributed by atoms with Crippen LogP contribution in [0.3, 0.4) is 0 Å². The van der Waals surface area contributed by atoms with Gasteiger partial charge in [0.1, 0.15) is 29.4 Å². The van der Waals surface area contributed by atoms with Crippen molar-refractivity contribution in [3.8, 4) is 23.0 Å². The standard InChI is InChI=1S/C28H33Cl3N2O10S/c1-14-21(40-3)20-19(23(42-5)22(14)41-4)18(11-34)33(10-15-6-8-16(39-2)9-7-15)25(35)24(20)44-12-17(26(36)37)32-27(38)43-13-28(29,30)31/h6-9,17-18,24,34H,10-13H2,1-5H3,(H,32,38)(H,36,37)/t17-,18-,24+/m0/s1. The van der Waals surface area contributed by atoms with E-state index in [1.54, 1.807) is 38.3 Å². The molecule has 1 heterocycles. The summed E-state index contributed by atoms with van der Waals surface area (Å²) in [5.74, 6) is -0.497. The van der Waals surface area contributed by atoms with Crippen LogP contribution in [0.5, 0.6) is 23.0 Å². The molecule has 0 saturated heterocycles. The van der Waals surface area contributed by atoms with E-state index in [9.17, 15) is 24.6 Å². The number of nitrogens with one attached hydrogen (secondary N) is 1. The molecule has 0 saturated carbocycles. The van der Waals surface area contributed by atoms with Crippen LogP contribution in [-0.4, -0.2) is 90.3 Å². The maximum Gasteiger partial charge on any atom is 0.408 e. The first-order valence-electron chi connectivity index (χ1n) is 13.0. The van der Waals surface area contributed by atoms with Gasteiger partial charge in [-0.05, 0) is 24.6 Å². The SMILES string of the molecule is COc1ccc(CN2C(=O)[C@H](SC[C@H](NC(=O)OCC(Cl)(Cl)Cl)C(=O)O)c3c(OC)c(C)c(OC)c(OC)c3[C@@H]2CO)cc1. The number of nitrogens with zero attached hydrogens (tertiary/aromatic N) is 1. The zero-order chi connectivity index (χ0) is 32.8. The van der Waals surface area contributed by atoms with Crippen molar-refractivity contribution in [1.29, 1.82) is 0 Å². The van der Waals surface area contributed by atoms with Gasteiger partial charge in [-0.3, -0.25) is 4.79 Å². The van der Waals surface area contributed by atoms with Crippen LogP contribution in [0.4, 0.5) is 4.79 Å². The van der Waals surface area contributed by atoms with Crippen molar-refractivity contribution < 1.29 is 48.3 Å². The lowest BCUT2D eigenvalue weighted by atomic mass is 9.87. The number of benzene rings is 2. The van der Waals surface area contributed by atoms with Gasteiger partial charge in [-0.2, -0.15) is 0 Å². The predicted molar refractivity (Wildman–Crippen MR) is 166 cm³/mol. The Labute approximate surface area is 273 Å². The van der Waals surface area contributed by atoms with E-state index in [4.69, 9.17) is 58.5 Å². The number of carboxylic acid groups (broad SMARTS) is 1. The number of hydrogen-bond donors (Lipinski definition) is 3. The Bertz CT molecular complexity index is 1360. The highest BCUT2D eigenvalue weighted by atomic mass is 35.6. The van der Waals surface area contributed by atoms with E-state index in [1.165, 1.54) is 26.2 Å². The molecule has 242 valence electrons. The van der Waals surface area contributed by atoms with Crippen molar-refractivity contribution >= 4 is 64.5 Å². The van der Waals surface area contributed by atoms with Crippen LogP contribution in [0.2, 0.25) is 0 Å². The third-order valence-electron chi connectivity index (χ3n) is 6.83. The average molecular weight is 696 g/mol. The second-order valence-corrected chi connectivity index (χ2v) is 13.2. The summed E-state index contributed by atoms with van der Waals surface area (Å²) in [6.45, 7) is 0.744. The van der Waals surface area contributed by atoms with Crippen LogP contribution in [0.15, 0.2) is 24.3 Å². The number of halogens is 3. The van der Waals surface area contributed by atoms with Crippen LogP contribution in [0.25, 0.3) is 0 Å². The number of hydrogen-bond acceptors (Lipinski definition) is 10. The van der Waals surface area contributed by atoms with E-state index < -0.39 is 52.3 Å². The molecule has 3 rings (SSSR count). The highest BCUT2D eigenvalue weighted by molar-refractivity contribution is 8.00. The minimum Gasteiger partial charge on any atom is -0.497 e. The molecule has 44 heavy (non-hydrogen) atoms. The Hall–Kier alpha value is -2.97.